The van der Waals surface area contributed by atoms with Crippen LogP contribution in [0.2, 0.25) is 0 Å². The normalized spacial score (nSPS) is 15.3. The second-order valence-corrected chi connectivity index (χ2v) is 9.69. The van der Waals surface area contributed by atoms with E-state index in [-0.39, 0.29) is 23.9 Å². The lowest BCUT2D eigenvalue weighted by atomic mass is 10.1. The molecule has 5 rings (SSSR count). The summed E-state index contributed by atoms with van der Waals surface area (Å²) in [7, 11) is 0. The van der Waals surface area contributed by atoms with Crippen molar-refractivity contribution in [2.45, 2.75) is 44.3 Å². The van der Waals surface area contributed by atoms with Gasteiger partial charge in [-0.15, -0.1) is 11.3 Å². The third-order valence-corrected chi connectivity index (χ3v) is 7.80. The highest BCUT2D eigenvalue weighted by Crippen LogP contribution is 2.35. The maximum Gasteiger partial charge on any atom is 0.263 e. The molecular formula is C22H21N3O3S2. The number of hydrogen-bond acceptors (Lipinski definition) is 6. The van der Waals surface area contributed by atoms with Crippen LogP contribution in [0.25, 0.3) is 10.2 Å². The number of aryl methyl sites for hydroxylation is 2. The third kappa shape index (κ3) is 3.01. The Labute approximate surface area is 181 Å². The summed E-state index contributed by atoms with van der Waals surface area (Å²) in [5.74, 6) is -0.00132. The third-order valence-electron chi connectivity index (χ3n) is 5.66. The van der Waals surface area contributed by atoms with Crippen molar-refractivity contribution in [1.82, 2.24) is 14.5 Å². The molecular weight excluding hydrogens is 418 g/mol. The number of carbonyl (C=O) groups is 2. The second-order valence-electron chi connectivity index (χ2n) is 7.54. The molecule has 2 aliphatic rings. The van der Waals surface area contributed by atoms with Crippen molar-refractivity contribution >= 4 is 45.1 Å². The number of fused-ring (bicyclic) bond motifs is 4. The Morgan fingerprint density at radius 1 is 1.07 bits per heavy atom. The van der Waals surface area contributed by atoms with Crippen molar-refractivity contribution in [3.63, 3.8) is 0 Å². The lowest BCUT2D eigenvalue weighted by molar-refractivity contribution is 0.0664. The van der Waals surface area contributed by atoms with Crippen molar-refractivity contribution in [3.8, 4) is 0 Å². The van der Waals surface area contributed by atoms with Crippen LogP contribution in [0.1, 0.15) is 50.9 Å². The summed E-state index contributed by atoms with van der Waals surface area (Å²) in [6.07, 6.45) is 3.95. The Bertz CT molecular complexity index is 1210. The molecule has 3 aromatic rings. The first-order valence-electron chi connectivity index (χ1n) is 10.2. The molecule has 8 heteroatoms. The van der Waals surface area contributed by atoms with E-state index in [9.17, 15) is 14.4 Å². The minimum absolute atomic E-state index is 0.0458. The number of hydrogen-bond donors (Lipinski definition) is 0. The van der Waals surface area contributed by atoms with Gasteiger partial charge in [0.15, 0.2) is 5.16 Å². The number of thioether (sulfide) groups is 1. The number of amides is 2. The van der Waals surface area contributed by atoms with E-state index in [1.165, 1.54) is 27.1 Å². The van der Waals surface area contributed by atoms with Crippen LogP contribution in [0.4, 0.5) is 0 Å². The molecule has 0 fully saturated rings. The summed E-state index contributed by atoms with van der Waals surface area (Å²) in [5, 5.41) is 1.47. The van der Waals surface area contributed by atoms with Gasteiger partial charge in [0, 0.05) is 23.7 Å². The number of imide groups is 1. The van der Waals surface area contributed by atoms with E-state index in [0.717, 1.165) is 35.9 Å². The zero-order valence-electron chi connectivity index (χ0n) is 16.6. The van der Waals surface area contributed by atoms with Gasteiger partial charge in [0.25, 0.3) is 17.4 Å². The molecule has 0 unspecified atom stereocenters. The molecule has 0 atom stereocenters. The molecule has 0 N–H and O–H groups in total. The van der Waals surface area contributed by atoms with Crippen LogP contribution in [0.3, 0.4) is 0 Å². The second kappa shape index (κ2) is 7.67. The number of nitrogens with zero attached hydrogens (tertiary/aromatic N) is 3. The predicted molar refractivity (Wildman–Crippen MR) is 119 cm³/mol. The van der Waals surface area contributed by atoms with Crippen molar-refractivity contribution < 1.29 is 9.59 Å². The number of aromatic nitrogens is 2. The molecule has 30 heavy (non-hydrogen) atoms. The van der Waals surface area contributed by atoms with Crippen LogP contribution in [-0.4, -0.2) is 38.6 Å². The topological polar surface area (TPSA) is 72.3 Å². The van der Waals surface area contributed by atoms with Gasteiger partial charge in [0.1, 0.15) is 4.83 Å². The average Bonchev–Trinajstić information content (AvgIpc) is 3.39. The van der Waals surface area contributed by atoms with Gasteiger partial charge in [-0.2, -0.15) is 0 Å². The fraction of sp³-hybridized carbons (Fsp3) is 0.364. The quantitative estimate of drug-likeness (QED) is 0.332. The van der Waals surface area contributed by atoms with Crippen LogP contribution < -0.4 is 5.56 Å². The first-order chi connectivity index (χ1) is 14.6. The molecule has 2 aromatic heterocycles. The first kappa shape index (κ1) is 19.5. The molecule has 0 saturated heterocycles. The molecule has 0 radical (unpaired) electrons. The smallest absolute Gasteiger partial charge is 0.263 e. The van der Waals surface area contributed by atoms with Gasteiger partial charge in [-0.25, -0.2) is 4.98 Å². The van der Waals surface area contributed by atoms with Crippen LogP contribution >= 0.6 is 23.1 Å². The van der Waals surface area contributed by atoms with E-state index >= 15 is 0 Å². The van der Waals surface area contributed by atoms with Gasteiger partial charge < -0.3 is 0 Å². The zero-order chi connectivity index (χ0) is 20.8. The Morgan fingerprint density at radius 2 is 1.80 bits per heavy atom. The summed E-state index contributed by atoms with van der Waals surface area (Å²) in [4.78, 5) is 46.6. The average molecular weight is 440 g/mol. The number of carbonyl (C=O) groups excluding carboxylic acids is 2. The Balaban J connectivity index is 1.40. The minimum Gasteiger partial charge on any atom is -0.287 e. The molecule has 6 nitrogen and oxygen atoms in total. The maximum absolute atomic E-state index is 13.2. The summed E-state index contributed by atoms with van der Waals surface area (Å²) in [6.45, 7) is 2.95. The Hall–Kier alpha value is -2.45. The lowest BCUT2D eigenvalue weighted by Crippen LogP contribution is -2.32. The molecule has 154 valence electrons. The van der Waals surface area contributed by atoms with Crippen LogP contribution in [0.5, 0.6) is 0 Å². The van der Waals surface area contributed by atoms with Crippen LogP contribution in [0, 0.1) is 0 Å². The molecule has 2 amide bonds. The molecule has 0 bridgehead atoms. The highest BCUT2D eigenvalue weighted by molar-refractivity contribution is 7.99. The fourth-order valence-corrected chi connectivity index (χ4v) is 6.51. The predicted octanol–water partition coefficient (Wildman–Crippen LogP) is 3.75. The SMILES string of the molecule is CCCn1c(SCCN2C(=O)c3ccccc3C2=O)nc2sc3c(c2c1=O)CCC3. The van der Waals surface area contributed by atoms with E-state index in [1.807, 2.05) is 6.92 Å². The van der Waals surface area contributed by atoms with Crippen molar-refractivity contribution in [3.05, 3.63) is 56.2 Å². The van der Waals surface area contributed by atoms with Crippen LogP contribution in [-0.2, 0) is 19.4 Å². The number of rotatable bonds is 6. The lowest BCUT2D eigenvalue weighted by Gasteiger charge is -2.15. The summed E-state index contributed by atoms with van der Waals surface area (Å²) < 4.78 is 1.76. The highest BCUT2D eigenvalue weighted by Gasteiger charge is 2.34. The molecule has 1 aliphatic heterocycles. The standard InChI is InChI=1S/C22H21N3O3S2/c1-2-10-25-21(28)17-15-8-5-9-16(15)30-18(17)23-22(25)29-12-11-24-19(26)13-6-3-4-7-14(13)20(24)27/h3-4,6-7H,2,5,8-12H2,1H3. The number of benzene rings is 1. The van der Waals surface area contributed by atoms with Gasteiger partial charge in [-0.3, -0.25) is 23.9 Å². The molecule has 0 spiro atoms. The fourth-order valence-electron chi connectivity index (χ4n) is 4.26. The van der Waals surface area contributed by atoms with E-state index < -0.39 is 0 Å². The van der Waals surface area contributed by atoms with Gasteiger partial charge in [-0.1, -0.05) is 30.8 Å². The van der Waals surface area contributed by atoms with E-state index in [2.05, 4.69) is 0 Å². The number of thiophene rings is 1. The van der Waals surface area contributed by atoms with E-state index in [0.29, 0.717) is 28.6 Å². The molecule has 3 heterocycles. The van der Waals surface area contributed by atoms with Gasteiger partial charge >= 0.3 is 0 Å². The molecule has 1 aromatic carbocycles. The van der Waals surface area contributed by atoms with Gasteiger partial charge in [0.05, 0.1) is 16.5 Å². The minimum atomic E-state index is -0.250. The Morgan fingerprint density at radius 3 is 2.50 bits per heavy atom. The van der Waals surface area contributed by atoms with Crippen molar-refractivity contribution in [2.24, 2.45) is 0 Å². The monoisotopic (exact) mass is 439 g/mol. The zero-order valence-corrected chi connectivity index (χ0v) is 18.3. The largest absolute Gasteiger partial charge is 0.287 e. The Kier molecular flexibility index (Phi) is 4.99. The summed E-state index contributed by atoms with van der Waals surface area (Å²) in [5.41, 5.74) is 2.16. The molecule has 0 saturated carbocycles. The van der Waals surface area contributed by atoms with E-state index in [1.54, 1.807) is 40.2 Å². The van der Waals surface area contributed by atoms with Crippen molar-refractivity contribution in [2.75, 3.05) is 12.3 Å². The summed E-state index contributed by atoms with van der Waals surface area (Å²) >= 11 is 3.08. The van der Waals surface area contributed by atoms with Crippen molar-refractivity contribution in [1.29, 1.82) is 0 Å². The highest BCUT2D eigenvalue weighted by atomic mass is 32.2. The molecule has 1 aliphatic carbocycles. The summed E-state index contributed by atoms with van der Waals surface area (Å²) in [6, 6.07) is 6.91. The van der Waals surface area contributed by atoms with Gasteiger partial charge in [0.2, 0.25) is 0 Å². The van der Waals surface area contributed by atoms with Gasteiger partial charge in [-0.05, 0) is 43.4 Å². The van der Waals surface area contributed by atoms with Crippen LogP contribution in [0.15, 0.2) is 34.2 Å². The maximum atomic E-state index is 13.2. The first-order valence-corrected chi connectivity index (χ1v) is 12.0. The van der Waals surface area contributed by atoms with E-state index in [4.69, 9.17) is 4.98 Å².